The Hall–Kier alpha value is -2.53. The van der Waals surface area contributed by atoms with Crippen molar-refractivity contribution in [1.29, 1.82) is 0 Å². The van der Waals surface area contributed by atoms with E-state index in [0.717, 1.165) is 5.56 Å². The monoisotopic (exact) mass is 315 g/mol. The average molecular weight is 315 g/mol. The van der Waals surface area contributed by atoms with Gasteiger partial charge in [-0.05, 0) is 18.6 Å². The number of nitrogens with two attached hydrogens (primary N) is 1. The SMILES string of the molecule is CCOc1cccc(C(CN)C(=O)O)c1OCc1ccccc1. The van der Waals surface area contributed by atoms with Crippen molar-refractivity contribution in [1.82, 2.24) is 0 Å². The van der Waals surface area contributed by atoms with Gasteiger partial charge in [0.1, 0.15) is 6.61 Å². The molecule has 0 saturated heterocycles. The minimum Gasteiger partial charge on any atom is -0.490 e. The molecular formula is C18H21NO4. The van der Waals surface area contributed by atoms with Crippen LogP contribution >= 0.6 is 0 Å². The molecule has 2 aromatic rings. The van der Waals surface area contributed by atoms with Gasteiger partial charge in [0.25, 0.3) is 0 Å². The highest BCUT2D eigenvalue weighted by molar-refractivity contribution is 5.78. The summed E-state index contributed by atoms with van der Waals surface area (Å²) in [5.41, 5.74) is 7.15. The first kappa shape index (κ1) is 16.8. The van der Waals surface area contributed by atoms with Crippen LogP contribution in [-0.4, -0.2) is 24.2 Å². The smallest absolute Gasteiger partial charge is 0.312 e. The molecule has 0 heterocycles. The summed E-state index contributed by atoms with van der Waals surface area (Å²) in [6.45, 7) is 2.65. The van der Waals surface area contributed by atoms with Crippen molar-refractivity contribution in [3.05, 3.63) is 59.7 Å². The molecule has 0 fully saturated rings. The highest BCUT2D eigenvalue weighted by Gasteiger charge is 2.24. The molecule has 3 N–H and O–H groups in total. The zero-order valence-corrected chi connectivity index (χ0v) is 13.1. The van der Waals surface area contributed by atoms with Crippen LogP contribution in [-0.2, 0) is 11.4 Å². The second-order valence-electron chi connectivity index (χ2n) is 5.01. The van der Waals surface area contributed by atoms with Crippen molar-refractivity contribution >= 4 is 5.97 Å². The summed E-state index contributed by atoms with van der Waals surface area (Å²) in [6.07, 6.45) is 0. The molecule has 0 aliphatic rings. The van der Waals surface area contributed by atoms with Crippen LogP contribution in [0.2, 0.25) is 0 Å². The largest absolute Gasteiger partial charge is 0.490 e. The van der Waals surface area contributed by atoms with Gasteiger partial charge in [-0.2, -0.15) is 0 Å². The number of para-hydroxylation sites is 1. The quantitative estimate of drug-likeness (QED) is 0.783. The highest BCUT2D eigenvalue weighted by Crippen LogP contribution is 2.36. The molecule has 0 saturated carbocycles. The third kappa shape index (κ3) is 4.23. The molecule has 0 aliphatic heterocycles. The summed E-state index contributed by atoms with van der Waals surface area (Å²) < 4.78 is 11.5. The van der Waals surface area contributed by atoms with Crippen LogP contribution in [0, 0.1) is 0 Å². The number of aliphatic carboxylic acids is 1. The maximum atomic E-state index is 11.5. The lowest BCUT2D eigenvalue weighted by Gasteiger charge is -2.19. The molecule has 5 nitrogen and oxygen atoms in total. The number of ether oxygens (including phenoxy) is 2. The van der Waals surface area contributed by atoms with Crippen LogP contribution in [0.5, 0.6) is 11.5 Å². The number of hydrogen-bond acceptors (Lipinski definition) is 4. The molecule has 0 aromatic heterocycles. The first-order valence-corrected chi connectivity index (χ1v) is 7.52. The van der Waals surface area contributed by atoms with Crippen LogP contribution in [0.4, 0.5) is 0 Å². The zero-order valence-electron chi connectivity index (χ0n) is 13.1. The predicted octanol–water partition coefficient (Wildman–Crippen LogP) is 2.79. The van der Waals surface area contributed by atoms with Crippen molar-refractivity contribution in [3.8, 4) is 11.5 Å². The number of rotatable bonds is 8. The van der Waals surface area contributed by atoms with Gasteiger partial charge in [0, 0.05) is 12.1 Å². The van der Waals surface area contributed by atoms with Crippen molar-refractivity contribution < 1.29 is 19.4 Å². The Kier molecular flexibility index (Phi) is 6.00. The van der Waals surface area contributed by atoms with Gasteiger partial charge in [0.15, 0.2) is 11.5 Å². The summed E-state index contributed by atoms with van der Waals surface area (Å²) in [7, 11) is 0. The Labute approximate surface area is 135 Å². The molecule has 0 spiro atoms. The van der Waals surface area contributed by atoms with Gasteiger partial charge >= 0.3 is 5.97 Å². The summed E-state index contributed by atoms with van der Waals surface area (Å²) in [5, 5.41) is 9.38. The van der Waals surface area contributed by atoms with Crippen LogP contribution in [0.1, 0.15) is 24.0 Å². The van der Waals surface area contributed by atoms with E-state index in [9.17, 15) is 9.90 Å². The number of carboxylic acids is 1. The van der Waals surface area contributed by atoms with Crippen LogP contribution in [0.25, 0.3) is 0 Å². The summed E-state index contributed by atoms with van der Waals surface area (Å²) in [4.78, 5) is 11.5. The van der Waals surface area contributed by atoms with Crippen LogP contribution < -0.4 is 15.2 Å². The molecule has 23 heavy (non-hydrogen) atoms. The van der Waals surface area contributed by atoms with E-state index in [1.165, 1.54) is 0 Å². The first-order valence-electron chi connectivity index (χ1n) is 7.52. The minimum atomic E-state index is -0.981. The molecule has 0 amide bonds. The molecule has 1 atom stereocenters. The fourth-order valence-electron chi connectivity index (χ4n) is 2.32. The first-order chi connectivity index (χ1) is 11.2. The summed E-state index contributed by atoms with van der Waals surface area (Å²) >= 11 is 0. The van der Waals surface area contributed by atoms with Crippen molar-refractivity contribution in [2.75, 3.05) is 13.2 Å². The molecule has 2 rings (SSSR count). The Bertz CT molecular complexity index is 643. The molecular weight excluding hydrogens is 294 g/mol. The van der Waals surface area contributed by atoms with E-state index in [0.29, 0.717) is 30.3 Å². The molecule has 0 radical (unpaired) electrons. The molecule has 2 aromatic carbocycles. The van der Waals surface area contributed by atoms with Crippen molar-refractivity contribution in [3.63, 3.8) is 0 Å². The van der Waals surface area contributed by atoms with E-state index in [-0.39, 0.29) is 6.54 Å². The molecule has 122 valence electrons. The lowest BCUT2D eigenvalue weighted by molar-refractivity contribution is -0.138. The Morgan fingerprint density at radius 2 is 1.87 bits per heavy atom. The number of carbonyl (C=O) groups is 1. The predicted molar refractivity (Wildman–Crippen MR) is 87.8 cm³/mol. The Balaban J connectivity index is 2.34. The zero-order chi connectivity index (χ0) is 16.7. The topological polar surface area (TPSA) is 81.8 Å². The second kappa shape index (κ2) is 8.19. The van der Waals surface area contributed by atoms with E-state index in [2.05, 4.69) is 0 Å². The normalized spacial score (nSPS) is 11.7. The molecule has 1 unspecified atom stereocenters. The van der Waals surface area contributed by atoms with Gasteiger partial charge in [0.2, 0.25) is 0 Å². The van der Waals surface area contributed by atoms with Crippen molar-refractivity contribution in [2.24, 2.45) is 5.73 Å². The van der Waals surface area contributed by atoms with Gasteiger partial charge in [-0.15, -0.1) is 0 Å². The molecule has 5 heteroatoms. The fraction of sp³-hybridized carbons (Fsp3) is 0.278. The van der Waals surface area contributed by atoms with Crippen LogP contribution in [0.15, 0.2) is 48.5 Å². The van der Waals surface area contributed by atoms with E-state index in [1.807, 2.05) is 37.3 Å². The molecule has 0 bridgehead atoms. The number of benzene rings is 2. The summed E-state index contributed by atoms with van der Waals surface area (Å²) in [6, 6.07) is 14.9. The average Bonchev–Trinajstić information content (AvgIpc) is 2.56. The number of hydrogen-bond donors (Lipinski definition) is 2. The third-order valence-corrected chi connectivity index (χ3v) is 3.44. The van der Waals surface area contributed by atoms with E-state index in [1.54, 1.807) is 18.2 Å². The second-order valence-corrected chi connectivity index (χ2v) is 5.01. The van der Waals surface area contributed by atoms with Gasteiger partial charge in [-0.1, -0.05) is 42.5 Å². The van der Waals surface area contributed by atoms with E-state index in [4.69, 9.17) is 15.2 Å². The Morgan fingerprint density at radius 1 is 1.13 bits per heavy atom. The third-order valence-electron chi connectivity index (χ3n) is 3.44. The minimum absolute atomic E-state index is 0.00733. The highest BCUT2D eigenvalue weighted by atomic mass is 16.5. The lowest BCUT2D eigenvalue weighted by atomic mass is 9.98. The van der Waals surface area contributed by atoms with Gasteiger partial charge in [0.05, 0.1) is 12.5 Å². The van der Waals surface area contributed by atoms with Crippen LogP contribution in [0.3, 0.4) is 0 Å². The standard InChI is InChI=1S/C18H21NO4/c1-2-22-16-10-6-9-14(15(11-19)18(20)21)17(16)23-12-13-7-4-3-5-8-13/h3-10,15H,2,11-12,19H2,1H3,(H,20,21). The maximum absolute atomic E-state index is 11.5. The fourth-order valence-corrected chi connectivity index (χ4v) is 2.32. The maximum Gasteiger partial charge on any atom is 0.312 e. The lowest BCUT2D eigenvalue weighted by Crippen LogP contribution is -2.22. The van der Waals surface area contributed by atoms with E-state index >= 15 is 0 Å². The van der Waals surface area contributed by atoms with E-state index < -0.39 is 11.9 Å². The van der Waals surface area contributed by atoms with Gasteiger partial charge in [-0.25, -0.2) is 0 Å². The van der Waals surface area contributed by atoms with Gasteiger partial charge < -0.3 is 20.3 Å². The van der Waals surface area contributed by atoms with Crippen molar-refractivity contribution in [2.45, 2.75) is 19.4 Å². The number of carboxylic acid groups (broad SMARTS) is 1. The molecule has 0 aliphatic carbocycles. The Morgan fingerprint density at radius 3 is 2.48 bits per heavy atom. The summed E-state index contributed by atoms with van der Waals surface area (Å²) in [5.74, 6) is -0.844. The van der Waals surface area contributed by atoms with Gasteiger partial charge in [-0.3, -0.25) is 4.79 Å².